The van der Waals surface area contributed by atoms with Crippen LogP contribution in [0.25, 0.3) is 0 Å². The van der Waals surface area contributed by atoms with Gasteiger partial charge in [0.25, 0.3) is 11.8 Å². The lowest BCUT2D eigenvalue weighted by atomic mass is 10.0. The van der Waals surface area contributed by atoms with E-state index in [4.69, 9.17) is 9.47 Å². The van der Waals surface area contributed by atoms with E-state index in [0.29, 0.717) is 23.7 Å². The first-order valence-corrected chi connectivity index (χ1v) is 9.87. The zero-order chi connectivity index (χ0) is 22.1. The average Bonchev–Trinajstić information content (AvgIpc) is 2.72. The lowest BCUT2D eigenvalue weighted by Crippen LogP contribution is -2.48. The lowest BCUT2D eigenvalue weighted by Gasteiger charge is -2.20. The summed E-state index contributed by atoms with van der Waals surface area (Å²) in [7, 11) is 1.57. The fourth-order valence-corrected chi connectivity index (χ4v) is 2.75. The Morgan fingerprint density at radius 1 is 1.10 bits per heavy atom. The number of ether oxygens (including phenoxy) is 2. The van der Waals surface area contributed by atoms with Crippen molar-refractivity contribution in [3.63, 3.8) is 0 Å². The molecule has 0 aliphatic heterocycles. The van der Waals surface area contributed by atoms with Gasteiger partial charge < -0.3 is 14.8 Å². The van der Waals surface area contributed by atoms with Crippen LogP contribution in [-0.2, 0) is 4.79 Å². The molecule has 1 atom stereocenters. The molecule has 2 N–H and O–H groups in total. The van der Waals surface area contributed by atoms with E-state index >= 15 is 0 Å². The van der Waals surface area contributed by atoms with Gasteiger partial charge in [-0.1, -0.05) is 31.5 Å². The SMILES string of the molecule is CCOc1cc(C=NNC(=O)C(NC(=O)c2ccc(C)cc2)C(C)C)ccc1OC. The molecule has 0 bridgehead atoms. The van der Waals surface area contributed by atoms with Gasteiger partial charge in [0.05, 0.1) is 19.9 Å². The summed E-state index contributed by atoms with van der Waals surface area (Å²) in [5.74, 6) is 0.419. The second kappa shape index (κ2) is 11.0. The monoisotopic (exact) mass is 411 g/mol. The minimum Gasteiger partial charge on any atom is -0.493 e. The minimum atomic E-state index is -0.717. The van der Waals surface area contributed by atoms with E-state index < -0.39 is 6.04 Å². The highest BCUT2D eigenvalue weighted by Gasteiger charge is 2.24. The number of carbonyl (C=O) groups is 2. The number of nitrogens with zero attached hydrogens (tertiary/aromatic N) is 1. The maximum atomic E-state index is 12.6. The maximum Gasteiger partial charge on any atom is 0.262 e. The fraction of sp³-hybridized carbons (Fsp3) is 0.348. The van der Waals surface area contributed by atoms with Gasteiger partial charge in [-0.3, -0.25) is 9.59 Å². The van der Waals surface area contributed by atoms with E-state index in [9.17, 15) is 9.59 Å². The van der Waals surface area contributed by atoms with Crippen molar-refractivity contribution in [2.45, 2.75) is 33.7 Å². The normalized spacial score (nSPS) is 11.9. The van der Waals surface area contributed by atoms with Crippen LogP contribution >= 0.6 is 0 Å². The Kier molecular flexibility index (Phi) is 8.41. The quantitative estimate of drug-likeness (QED) is 0.489. The van der Waals surface area contributed by atoms with E-state index in [2.05, 4.69) is 15.8 Å². The molecule has 1 unspecified atom stereocenters. The van der Waals surface area contributed by atoms with Gasteiger partial charge in [-0.25, -0.2) is 5.43 Å². The zero-order valence-corrected chi connectivity index (χ0v) is 18.1. The molecule has 0 saturated heterocycles. The van der Waals surface area contributed by atoms with E-state index in [1.165, 1.54) is 6.21 Å². The van der Waals surface area contributed by atoms with Crippen molar-refractivity contribution in [2.24, 2.45) is 11.0 Å². The number of carbonyl (C=O) groups excluding carboxylic acids is 2. The van der Waals surface area contributed by atoms with Gasteiger partial charge in [0.15, 0.2) is 11.5 Å². The number of benzene rings is 2. The van der Waals surface area contributed by atoms with Crippen molar-refractivity contribution in [1.82, 2.24) is 10.7 Å². The number of methoxy groups -OCH3 is 1. The van der Waals surface area contributed by atoms with Gasteiger partial charge in [-0.05, 0) is 55.7 Å². The van der Waals surface area contributed by atoms with Crippen LogP contribution in [0.5, 0.6) is 11.5 Å². The third kappa shape index (κ3) is 6.34. The van der Waals surface area contributed by atoms with Gasteiger partial charge >= 0.3 is 0 Å². The molecule has 0 heterocycles. The zero-order valence-electron chi connectivity index (χ0n) is 18.1. The summed E-state index contributed by atoms with van der Waals surface area (Å²) in [4.78, 5) is 25.1. The largest absolute Gasteiger partial charge is 0.493 e. The Morgan fingerprint density at radius 2 is 1.80 bits per heavy atom. The molecule has 0 saturated carbocycles. The summed E-state index contributed by atoms with van der Waals surface area (Å²) < 4.78 is 10.8. The molecule has 30 heavy (non-hydrogen) atoms. The Hall–Kier alpha value is -3.35. The van der Waals surface area contributed by atoms with Crippen molar-refractivity contribution >= 4 is 18.0 Å². The molecule has 0 aromatic heterocycles. The maximum absolute atomic E-state index is 12.6. The minimum absolute atomic E-state index is 0.111. The van der Waals surface area contributed by atoms with Gasteiger partial charge in [-0.15, -0.1) is 0 Å². The number of nitrogens with one attached hydrogen (secondary N) is 2. The fourth-order valence-electron chi connectivity index (χ4n) is 2.75. The van der Waals surface area contributed by atoms with Crippen molar-refractivity contribution in [3.8, 4) is 11.5 Å². The molecule has 0 spiro atoms. The summed E-state index contributed by atoms with van der Waals surface area (Å²) in [6.07, 6.45) is 1.51. The van der Waals surface area contributed by atoms with E-state index in [0.717, 1.165) is 11.1 Å². The number of hydrazone groups is 1. The first-order valence-electron chi connectivity index (χ1n) is 9.87. The van der Waals surface area contributed by atoms with E-state index in [1.807, 2.05) is 39.8 Å². The highest BCUT2D eigenvalue weighted by Crippen LogP contribution is 2.27. The molecule has 2 rings (SSSR count). The summed E-state index contributed by atoms with van der Waals surface area (Å²) in [5, 5.41) is 6.80. The topological polar surface area (TPSA) is 89.0 Å². The predicted octanol–water partition coefficient (Wildman–Crippen LogP) is 3.31. The average molecular weight is 412 g/mol. The van der Waals surface area contributed by atoms with Crippen LogP contribution < -0.4 is 20.2 Å². The molecular weight excluding hydrogens is 382 g/mol. The van der Waals surface area contributed by atoms with E-state index in [-0.39, 0.29) is 17.7 Å². The van der Waals surface area contributed by atoms with Gasteiger partial charge in [-0.2, -0.15) is 5.10 Å². The molecule has 0 aliphatic carbocycles. The van der Waals surface area contributed by atoms with Crippen LogP contribution in [-0.4, -0.2) is 37.8 Å². The predicted molar refractivity (Wildman–Crippen MR) is 117 cm³/mol. The molecule has 7 heteroatoms. The molecule has 2 amide bonds. The molecule has 2 aromatic rings. The Morgan fingerprint density at radius 3 is 2.40 bits per heavy atom. The highest BCUT2D eigenvalue weighted by molar-refractivity contribution is 5.97. The van der Waals surface area contributed by atoms with Crippen molar-refractivity contribution < 1.29 is 19.1 Å². The molecule has 2 aromatic carbocycles. The highest BCUT2D eigenvalue weighted by atomic mass is 16.5. The Bertz CT molecular complexity index is 892. The third-order valence-corrected chi connectivity index (χ3v) is 4.43. The first-order chi connectivity index (χ1) is 14.3. The summed E-state index contributed by atoms with van der Waals surface area (Å²) in [6, 6.07) is 11.8. The van der Waals surface area contributed by atoms with Crippen LogP contribution in [0.2, 0.25) is 0 Å². The van der Waals surface area contributed by atoms with Crippen molar-refractivity contribution in [1.29, 1.82) is 0 Å². The van der Waals surface area contributed by atoms with Crippen molar-refractivity contribution in [2.75, 3.05) is 13.7 Å². The first kappa shape index (κ1) is 22.9. The van der Waals surface area contributed by atoms with Crippen LogP contribution in [0.1, 0.15) is 42.3 Å². The van der Waals surface area contributed by atoms with Gasteiger partial charge in [0.1, 0.15) is 6.04 Å². The van der Waals surface area contributed by atoms with Crippen LogP contribution in [0.15, 0.2) is 47.6 Å². The number of rotatable bonds is 9. The molecule has 0 radical (unpaired) electrons. The Balaban J connectivity index is 2.03. The molecule has 7 nitrogen and oxygen atoms in total. The number of amides is 2. The molecule has 0 aliphatic rings. The number of hydrogen-bond donors (Lipinski definition) is 2. The van der Waals surface area contributed by atoms with Crippen LogP contribution in [0, 0.1) is 12.8 Å². The molecule has 160 valence electrons. The summed E-state index contributed by atoms with van der Waals surface area (Å²) in [6.45, 7) is 8.06. The van der Waals surface area contributed by atoms with Crippen LogP contribution in [0.4, 0.5) is 0 Å². The standard InChI is InChI=1S/C23H29N3O4/c1-6-30-20-13-17(9-12-19(20)29-5)14-24-26-23(28)21(15(2)3)25-22(27)18-10-7-16(4)8-11-18/h7-15,21H,6H2,1-5H3,(H,25,27)(H,26,28). The number of aryl methyl sites for hydroxylation is 1. The molecule has 0 fully saturated rings. The second-order valence-electron chi connectivity index (χ2n) is 7.14. The number of hydrogen-bond acceptors (Lipinski definition) is 5. The van der Waals surface area contributed by atoms with E-state index in [1.54, 1.807) is 37.4 Å². The summed E-state index contributed by atoms with van der Waals surface area (Å²) in [5.41, 5.74) is 4.81. The van der Waals surface area contributed by atoms with Gasteiger partial charge in [0, 0.05) is 5.56 Å². The third-order valence-electron chi connectivity index (χ3n) is 4.43. The molecular formula is C23H29N3O4. The second-order valence-corrected chi connectivity index (χ2v) is 7.14. The Labute approximate surface area is 177 Å². The van der Waals surface area contributed by atoms with Gasteiger partial charge in [0.2, 0.25) is 0 Å². The summed E-state index contributed by atoms with van der Waals surface area (Å²) >= 11 is 0. The van der Waals surface area contributed by atoms with Crippen molar-refractivity contribution in [3.05, 3.63) is 59.2 Å². The van der Waals surface area contributed by atoms with Crippen LogP contribution in [0.3, 0.4) is 0 Å². The lowest BCUT2D eigenvalue weighted by molar-refractivity contribution is -0.123. The smallest absolute Gasteiger partial charge is 0.262 e.